The van der Waals surface area contributed by atoms with E-state index in [-0.39, 0.29) is 5.82 Å². The van der Waals surface area contributed by atoms with E-state index in [9.17, 15) is 4.39 Å². The van der Waals surface area contributed by atoms with Gasteiger partial charge in [-0.05, 0) is 46.3 Å². The molecule has 0 aliphatic carbocycles. The maximum Gasteiger partial charge on any atom is 0.125 e. The summed E-state index contributed by atoms with van der Waals surface area (Å²) in [4.78, 5) is 4.55. The fraction of sp³-hybridized carbons (Fsp3) is 0.133. The largest absolute Gasteiger partial charge is 0.295 e. The van der Waals surface area contributed by atoms with Crippen LogP contribution in [0.4, 0.5) is 4.39 Å². The van der Waals surface area contributed by atoms with Crippen LogP contribution in [0.15, 0.2) is 40.9 Å². The molecule has 1 heterocycles. The van der Waals surface area contributed by atoms with Gasteiger partial charge in [0.15, 0.2) is 0 Å². The van der Waals surface area contributed by atoms with E-state index < -0.39 is 0 Å². The van der Waals surface area contributed by atoms with E-state index in [1.54, 1.807) is 12.1 Å². The number of fused-ring (bicyclic) bond motifs is 1. The van der Waals surface area contributed by atoms with Crippen LogP contribution in [0.25, 0.3) is 16.7 Å². The quantitative estimate of drug-likeness (QED) is 0.553. The van der Waals surface area contributed by atoms with Gasteiger partial charge in [0, 0.05) is 16.8 Å². The number of benzene rings is 2. The Bertz CT molecular complexity index is 817. The smallest absolute Gasteiger partial charge is 0.125 e. The molecule has 0 spiro atoms. The lowest BCUT2D eigenvalue weighted by molar-refractivity contribution is 0.626. The van der Waals surface area contributed by atoms with E-state index in [2.05, 4.69) is 20.9 Å². The summed E-state index contributed by atoms with van der Waals surface area (Å²) >= 11 is 15.5. The van der Waals surface area contributed by atoms with Crippen molar-refractivity contribution in [3.05, 3.63) is 57.5 Å². The molecule has 0 N–H and O–H groups in total. The minimum absolute atomic E-state index is 0.311. The molecule has 0 unspecified atom stereocenters. The number of alkyl halides is 1. The normalized spacial score (nSPS) is 11.2. The van der Waals surface area contributed by atoms with Crippen LogP contribution in [0.3, 0.4) is 0 Å². The number of imidazole rings is 1. The molecule has 0 saturated carbocycles. The molecule has 0 aliphatic heterocycles. The fourth-order valence-electron chi connectivity index (χ4n) is 2.29. The van der Waals surface area contributed by atoms with Crippen LogP contribution in [0, 0.1) is 5.82 Å². The summed E-state index contributed by atoms with van der Waals surface area (Å²) in [6, 6.07) is 10.1. The first-order valence-corrected chi connectivity index (χ1v) is 7.99. The first-order valence-electron chi connectivity index (χ1n) is 6.29. The Morgan fingerprint density at radius 1 is 1.24 bits per heavy atom. The topological polar surface area (TPSA) is 17.8 Å². The number of hydrogen-bond acceptors (Lipinski definition) is 1. The lowest BCUT2D eigenvalue weighted by Gasteiger charge is -2.11. The van der Waals surface area contributed by atoms with Crippen molar-refractivity contribution in [2.24, 2.45) is 0 Å². The molecule has 2 aromatic carbocycles. The molecule has 0 amide bonds. The summed E-state index contributed by atoms with van der Waals surface area (Å²) < 4.78 is 16.3. The van der Waals surface area contributed by atoms with Gasteiger partial charge in [-0.15, -0.1) is 11.6 Å². The van der Waals surface area contributed by atoms with Crippen LogP contribution in [-0.2, 0) is 6.42 Å². The highest BCUT2D eigenvalue weighted by Gasteiger charge is 2.16. The molecule has 21 heavy (non-hydrogen) atoms. The van der Waals surface area contributed by atoms with Gasteiger partial charge in [0.25, 0.3) is 0 Å². The molecule has 3 aromatic rings. The highest BCUT2D eigenvalue weighted by Crippen LogP contribution is 2.31. The minimum Gasteiger partial charge on any atom is -0.295 e. The minimum atomic E-state index is -0.311. The standard InChI is InChI=1S/C15H10BrCl2FN2/c16-10-5-4-9(19)8-13(10)21-12-3-1-2-11(18)15(12)20-14(21)6-7-17/h1-5,8H,6-7H2. The van der Waals surface area contributed by atoms with Gasteiger partial charge in [-0.2, -0.15) is 0 Å². The highest BCUT2D eigenvalue weighted by molar-refractivity contribution is 9.10. The van der Waals surface area contributed by atoms with Crippen LogP contribution in [0.2, 0.25) is 5.02 Å². The van der Waals surface area contributed by atoms with E-state index in [4.69, 9.17) is 23.2 Å². The van der Waals surface area contributed by atoms with E-state index in [1.165, 1.54) is 12.1 Å². The van der Waals surface area contributed by atoms with Gasteiger partial charge in [-0.25, -0.2) is 9.37 Å². The Hall–Kier alpha value is -1.10. The number of aromatic nitrogens is 2. The Kier molecular flexibility index (Phi) is 4.20. The number of aryl methyl sites for hydroxylation is 1. The van der Waals surface area contributed by atoms with Gasteiger partial charge in [-0.3, -0.25) is 4.57 Å². The highest BCUT2D eigenvalue weighted by atomic mass is 79.9. The van der Waals surface area contributed by atoms with Crippen LogP contribution in [0.5, 0.6) is 0 Å². The van der Waals surface area contributed by atoms with E-state index in [0.29, 0.717) is 28.5 Å². The SMILES string of the molecule is Fc1ccc(Br)c(-n2c(CCCl)nc3c(Cl)cccc32)c1. The van der Waals surface area contributed by atoms with Gasteiger partial charge in [0.2, 0.25) is 0 Å². The van der Waals surface area contributed by atoms with Crippen molar-refractivity contribution in [3.8, 4) is 5.69 Å². The summed E-state index contributed by atoms with van der Waals surface area (Å²) in [5, 5.41) is 0.564. The predicted molar refractivity (Wildman–Crippen MR) is 88.2 cm³/mol. The summed E-state index contributed by atoms with van der Waals surface area (Å²) in [5.74, 6) is 0.863. The van der Waals surface area contributed by atoms with Crippen LogP contribution in [0.1, 0.15) is 5.82 Å². The molecular formula is C15H10BrCl2FN2. The number of nitrogens with zero attached hydrogens (tertiary/aromatic N) is 2. The fourth-order valence-corrected chi connectivity index (χ4v) is 3.10. The third kappa shape index (κ3) is 2.68. The van der Waals surface area contributed by atoms with Crippen molar-refractivity contribution in [2.75, 3.05) is 5.88 Å². The molecule has 0 bridgehead atoms. The van der Waals surface area contributed by atoms with E-state index >= 15 is 0 Å². The van der Waals surface area contributed by atoms with Gasteiger partial charge in [0.05, 0.1) is 16.2 Å². The van der Waals surface area contributed by atoms with Crippen molar-refractivity contribution in [1.29, 1.82) is 0 Å². The number of hydrogen-bond donors (Lipinski definition) is 0. The van der Waals surface area contributed by atoms with Gasteiger partial charge >= 0.3 is 0 Å². The van der Waals surface area contributed by atoms with Crippen molar-refractivity contribution in [3.63, 3.8) is 0 Å². The maximum atomic E-state index is 13.6. The summed E-state index contributed by atoms with van der Waals surface area (Å²) in [5.41, 5.74) is 2.20. The maximum absolute atomic E-state index is 13.6. The van der Waals surface area contributed by atoms with Gasteiger partial charge < -0.3 is 0 Å². The molecule has 6 heteroatoms. The number of rotatable bonds is 3. The molecule has 2 nitrogen and oxygen atoms in total. The Morgan fingerprint density at radius 3 is 2.81 bits per heavy atom. The zero-order valence-electron chi connectivity index (χ0n) is 10.8. The van der Waals surface area contributed by atoms with Crippen molar-refractivity contribution < 1.29 is 4.39 Å². The average Bonchev–Trinajstić information content (AvgIpc) is 2.82. The summed E-state index contributed by atoms with van der Waals surface area (Å²) in [6.45, 7) is 0. The lowest BCUT2D eigenvalue weighted by atomic mass is 10.2. The molecule has 0 atom stereocenters. The average molecular weight is 388 g/mol. The summed E-state index contributed by atoms with van der Waals surface area (Å²) in [6.07, 6.45) is 0.565. The molecule has 0 aliphatic rings. The monoisotopic (exact) mass is 386 g/mol. The zero-order valence-corrected chi connectivity index (χ0v) is 13.9. The van der Waals surface area contributed by atoms with Crippen molar-refractivity contribution in [2.45, 2.75) is 6.42 Å². The van der Waals surface area contributed by atoms with Gasteiger partial charge in [-0.1, -0.05) is 17.7 Å². The van der Waals surface area contributed by atoms with Crippen LogP contribution in [-0.4, -0.2) is 15.4 Å². The first-order chi connectivity index (χ1) is 10.1. The molecule has 0 radical (unpaired) electrons. The van der Waals surface area contributed by atoms with Crippen LogP contribution >= 0.6 is 39.1 Å². The Labute approximate surface area is 139 Å². The third-order valence-corrected chi connectivity index (χ3v) is 4.34. The molecule has 3 rings (SSSR count). The van der Waals surface area contributed by atoms with Crippen molar-refractivity contribution >= 4 is 50.2 Å². The molecule has 108 valence electrons. The molecule has 1 aromatic heterocycles. The second-order valence-electron chi connectivity index (χ2n) is 4.51. The molecule has 0 saturated heterocycles. The first kappa shape index (κ1) is 14.8. The molecular weight excluding hydrogens is 378 g/mol. The predicted octanol–water partition coefficient (Wildman–Crippen LogP) is 5.36. The number of para-hydroxylation sites is 1. The van der Waals surface area contributed by atoms with Gasteiger partial charge in [0.1, 0.15) is 17.2 Å². The Morgan fingerprint density at radius 2 is 2.05 bits per heavy atom. The number of halogens is 4. The lowest BCUT2D eigenvalue weighted by Crippen LogP contribution is -2.03. The Balaban J connectivity index is 2.36. The zero-order chi connectivity index (χ0) is 15.0. The van der Waals surface area contributed by atoms with E-state index in [0.717, 1.165) is 15.8 Å². The third-order valence-electron chi connectivity index (χ3n) is 3.17. The second kappa shape index (κ2) is 5.95. The summed E-state index contributed by atoms with van der Waals surface area (Å²) in [7, 11) is 0. The van der Waals surface area contributed by atoms with Crippen LogP contribution < -0.4 is 0 Å². The molecule has 0 fully saturated rings. The van der Waals surface area contributed by atoms with E-state index in [1.807, 2.05) is 16.7 Å². The second-order valence-corrected chi connectivity index (χ2v) is 6.15. The van der Waals surface area contributed by atoms with Crippen molar-refractivity contribution in [1.82, 2.24) is 9.55 Å².